The number of amides is 3. The van der Waals surface area contributed by atoms with Gasteiger partial charge >= 0.3 is 6.03 Å². The smallest absolute Gasteiger partial charge is 0.323 e. The van der Waals surface area contributed by atoms with E-state index in [1.165, 1.54) is 0 Å². The summed E-state index contributed by atoms with van der Waals surface area (Å²) in [6.45, 7) is 4.63. The molecule has 0 atom stereocenters. The molecule has 5 nitrogen and oxygen atoms in total. The third-order valence-electron chi connectivity index (χ3n) is 3.77. The lowest BCUT2D eigenvalue weighted by atomic mass is 10.00. The second-order valence-electron chi connectivity index (χ2n) is 5.83. The van der Waals surface area contributed by atoms with Crippen LogP contribution in [0.1, 0.15) is 27.0 Å². The molecule has 0 fully saturated rings. The molecule has 3 amide bonds. The van der Waals surface area contributed by atoms with E-state index in [0.717, 1.165) is 28.8 Å². The highest BCUT2D eigenvalue weighted by Crippen LogP contribution is 2.20. The first-order valence-electron chi connectivity index (χ1n) is 7.59. The van der Waals surface area contributed by atoms with Crippen LogP contribution in [0.25, 0.3) is 0 Å². The summed E-state index contributed by atoms with van der Waals surface area (Å²) >= 11 is 0. The van der Waals surface area contributed by atoms with Crippen molar-refractivity contribution in [3.63, 3.8) is 0 Å². The number of benzene rings is 2. The summed E-state index contributed by atoms with van der Waals surface area (Å²) in [4.78, 5) is 24.0. The fourth-order valence-corrected chi connectivity index (χ4v) is 2.83. The van der Waals surface area contributed by atoms with Crippen LogP contribution in [0.5, 0.6) is 0 Å². The minimum atomic E-state index is -0.328. The van der Waals surface area contributed by atoms with Crippen LogP contribution in [0.4, 0.5) is 16.2 Å². The van der Waals surface area contributed by atoms with Gasteiger partial charge < -0.3 is 16.0 Å². The van der Waals surface area contributed by atoms with Gasteiger partial charge in [-0.05, 0) is 61.2 Å². The molecule has 1 aliphatic rings. The first kappa shape index (κ1) is 15.1. The summed E-state index contributed by atoms with van der Waals surface area (Å²) in [6.07, 6.45) is 0.816. The minimum Gasteiger partial charge on any atom is -0.352 e. The Morgan fingerprint density at radius 1 is 1.00 bits per heavy atom. The summed E-state index contributed by atoms with van der Waals surface area (Å²) in [5.74, 6) is -0.0929. The lowest BCUT2D eigenvalue weighted by molar-refractivity contribution is 0.0946. The van der Waals surface area contributed by atoms with Crippen LogP contribution >= 0.6 is 0 Å². The molecule has 118 valence electrons. The van der Waals surface area contributed by atoms with Crippen molar-refractivity contribution in [2.24, 2.45) is 0 Å². The highest BCUT2D eigenvalue weighted by molar-refractivity contribution is 6.02. The maximum atomic E-state index is 12.1. The van der Waals surface area contributed by atoms with Gasteiger partial charge in [0.25, 0.3) is 5.91 Å². The van der Waals surface area contributed by atoms with Crippen molar-refractivity contribution in [1.29, 1.82) is 0 Å². The van der Waals surface area contributed by atoms with E-state index in [2.05, 4.69) is 16.0 Å². The second-order valence-corrected chi connectivity index (χ2v) is 5.83. The zero-order valence-corrected chi connectivity index (χ0v) is 13.2. The summed E-state index contributed by atoms with van der Waals surface area (Å²) in [7, 11) is 0. The highest BCUT2D eigenvalue weighted by atomic mass is 16.2. The van der Waals surface area contributed by atoms with Crippen LogP contribution in [0.15, 0.2) is 36.4 Å². The van der Waals surface area contributed by atoms with Gasteiger partial charge in [-0.25, -0.2) is 4.79 Å². The van der Waals surface area contributed by atoms with Crippen LogP contribution in [-0.4, -0.2) is 18.5 Å². The van der Waals surface area contributed by atoms with E-state index < -0.39 is 0 Å². The number of hydrogen-bond acceptors (Lipinski definition) is 2. The van der Waals surface area contributed by atoms with E-state index in [9.17, 15) is 9.59 Å². The lowest BCUT2D eigenvalue weighted by Crippen LogP contribution is -2.32. The number of anilines is 2. The monoisotopic (exact) mass is 309 g/mol. The summed E-state index contributed by atoms with van der Waals surface area (Å²) in [6, 6.07) is 11.0. The van der Waals surface area contributed by atoms with E-state index in [4.69, 9.17) is 0 Å². The van der Waals surface area contributed by atoms with Gasteiger partial charge in [0.1, 0.15) is 0 Å². The van der Waals surface area contributed by atoms with Crippen LogP contribution in [0.3, 0.4) is 0 Å². The minimum absolute atomic E-state index is 0.0929. The van der Waals surface area contributed by atoms with E-state index in [1.807, 2.05) is 44.2 Å². The molecule has 0 spiro atoms. The number of carbonyl (C=O) groups excluding carboxylic acids is 2. The SMILES string of the molecule is Cc1cc(C)cc(NC(=O)Nc2ccc3c(c2)C(=O)NCC3)c1. The quantitative estimate of drug-likeness (QED) is 0.797. The Hall–Kier alpha value is -2.82. The number of carbonyl (C=O) groups is 2. The number of hydrogen-bond donors (Lipinski definition) is 3. The van der Waals surface area contributed by atoms with Crippen molar-refractivity contribution in [3.05, 3.63) is 58.7 Å². The van der Waals surface area contributed by atoms with E-state index in [-0.39, 0.29) is 11.9 Å². The van der Waals surface area contributed by atoms with Gasteiger partial charge in [-0.1, -0.05) is 12.1 Å². The van der Waals surface area contributed by atoms with Gasteiger partial charge in [0.2, 0.25) is 0 Å². The molecule has 0 saturated carbocycles. The van der Waals surface area contributed by atoms with E-state index in [1.54, 1.807) is 6.07 Å². The number of rotatable bonds is 2. The molecule has 23 heavy (non-hydrogen) atoms. The van der Waals surface area contributed by atoms with Crippen molar-refractivity contribution in [1.82, 2.24) is 5.32 Å². The third kappa shape index (κ3) is 3.51. The number of fused-ring (bicyclic) bond motifs is 1. The van der Waals surface area contributed by atoms with Crippen molar-refractivity contribution in [3.8, 4) is 0 Å². The Balaban J connectivity index is 1.73. The van der Waals surface area contributed by atoms with Crippen LogP contribution in [0.2, 0.25) is 0 Å². The van der Waals surface area contributed by atoms with Gasteiger partial charge in [0.05, 0.1) is 0 Å². The van der Waals surface area contributed by atoms with Crippen molar-refractivity contribution in [2.75, 3.05) is 17.2 Å². The van der Waals surface area contributed by atoms with Crippen LogP contribution < -0.4 is 16.0 Å². The molecule has 0 bridgehead atoms. The van der Waals surface area contributed by atoms with E-state index in [0.29, 0.717) is 17.8 Å². The molecule has 1 heterocycles. The second kappa shape index (κ2) is 6.12. The molecule has 2 aromatic rings. The Labute approximate surface area is 135 Å². The molecule has 3 rings (SSSR count). The molecule has 0 aromatic heterocycles. The average molecular weight is 309 g/mol. The predicted octanol–water partition coefficient (Wildman–Crippen LogP) is 3.23. The molecule has 0 radical (unpaired) electrons. The average Bonchev–Trinajstić information content (AvgIpc) is 2.47. The fraction of sp³-hybridized carbons (Fsp3) is 0.222. The molecule has 0 unspecified atom stereocenters. The van der Waals surface area contributed by atoms with Crippen molar-refractivity contribution in [2.45, 2.75) is 20.3 Å². The third-order valence-corrected chi connectivity index (χ3v) is 3.77. The molecular weight excluding hydrogens is 290 g/mol. The standard InChI is InChI=1S/C18H19N3O2/c1-11-7-12(2)9-15(8-11)21-18(23)20-14-4-3-13-5-6-19-17(22)16(13)10-14/h3-4,7-10H,5-6H2,1-2H3,(H,19,22)(H2,20,21,23). The van der Waals surface area contributed by atoms with E-state index >= 15 is 0 Å². The Kier molecular flexibility index (Phi) is 4.02. The molecule has 2 aromatic carbocycles. The van der Waals surface area contributed by atoms with Gasteiger partial charge in [0.15, 0.2) is 0 Å². The zero-order chi connectivity index (χ0) is 16.4. The van der Waals surface area contributed by atoms with Gasteiger partial charge in [0, 0.05) is 23.5 Å². The number of aryl methyl sites for hydroxylation is 2. The van der Waals surface area contributed by atoms with Gasteiger partial charge in [-0.2, -0.15) is 0 Å². The topological polar surface area (TPSA) is 70.2 Å². The first-order chi connectivity index (χ1) is 11.0. The highest BCUT2D eigenvalue weighted by Gasteiger charge is 2.17. The maximum Gasteiger partial charge on any atom is 0.323 e. The normalized spacial score (nSPS) is 13.0. The maximum absolute atomic E-state index is 12.1. The van der Waals surface area contributed by atoms with Gasteiger partial charge in [-0.3, -0.25) is 4.79 Å². The van der Waals surface area contributed by atoms with Crippen LogP contribution in [0, 0.1) is 13.8 Å². The Morgan fingerprint density at radius 3 is 2.43 bits per heavy atom. The lowest BCUT2D eigenvalue weighted by Gasteiger charge is -2.17. The van der Waals surface area contributed by atoms with Crippen molar-refractivity contribution >= 4 is 23.3 Å². The number of urea groups is 1. The van der Waals surface area contributed by atoms with Crippen LogP contribution in [-0.2, 0) is 6.42 Å². The molecule has 0 saturated heterocycles. The molecule has 0 aliphatic carbocycles. The molecule has 5 heteroatoms. The largest absolute Gasteiger partial charge is 0.352 e. The summed E-state index contributed by atoms with van der Waals surface area (Å²) in [5.41, 5.74) is 5.16. The molecule has 1 aliphatic heterocycles. The summed E-state index contributed by atoms with van der Waals surface area (Å²) in [5, 5.41) is 8.39. The Bertz CT molecular complexity index is 764. The zero-order valence-electron chi connectivity index (χ0n) is 13.2. The molecular formula is C18H19N3O2. The molecule has 3 N–H and O–H groups in total. The van der Waals surface area contributed by atoms with Gasteiger partial charge in [-0.15, -0.1) is 0 Å². The summed E-state index contributed by atoms with van der Waals surface area (Å²) < 4.78 is 0. The van der Waals surface area contributed by atoms with Crippen molar-refractivity contribution < 1.29 is 9.59 Å². The Morgan fingerprint density at radius 2 is 1.70 bits per heavy atom. The first-order valence-corrected chi connectivity index (χ1v) is 7.59. The predicted molar refractivity (Wildman–Crippen MR) is 91.0 cm³/mol. The number of nitrogens with one attached hydrogen (secondary N) is 3. The fourth-order valence-electron chi connectivity index (χ4n) is 2.83.